The van der Waals surface area contributed by atoms with Gasteiger partial charge in [-0.2, -0.15) is 0 Å². The summed E-state index contributed by atoms with van der Waals surface area (Å²) in [6.45, 7) is 0. The van der Waals surface area contributed by atoms with Crippen LogP contribution in [0.5, 0.6) is 0 Å². The summed E-state index contributed by atoms with van der Waals surface area (Å²) in [5, 5.41) is 11.8. The largest absolute Gasteiger partial charge is 0.411 e. The molecule has 1 N–H and O–H groups in total. The molecule has 0 aliphatic carbocycles. The molecule has 0 spiro atoms. The number of hydrogen-bond donors (Lipinski definition) is 1. The zero-order chi connectivity index (χ0) is 17.6. The Hall–Kier alpha value is -1.83. The van der Waals surface area contributed by atoms with Crippen LogP contribution in [0.25, 0.3) is 11.5 Å². The molecule has 1 amide bonds. The zero-order valence-corrected chi connectivity index (χ0v) is 16.1. The number of carbonyl (C=O) groups is 1. The van der Waals surface area contributed by atoms with Crippen molar-refractivity contribution >= 4 is 50.9 Å². The van der Waals surface area contributed by atoms with Gasteiger partial charge in [-0.25, -0.2) is 0 Å². The molecule has 0 saturated carbocycles. The first-order valence-corrected chi connectivity index (χ1v) is 9.53. The Kier molecular flexibility index (Phi) is 6.12. The number of amides is 1. The molecule has 0 bridgehead atoms. The Morgan fingerprint density at radius 2 is 2.00 bits per heavy atom. The van der Waals surface area contributed by atoms with Gasteiger partial charge < -0.3 is 9.73 Å². The van der Waals surface area contributed by atoms with Gasteiger partial charge in [0.1, 0.15) is 0 Å². The van der Waals surface area contributed by atoms with E-state index in [1.54, 1.807) is 12.1 Å². The summed E-state index contributed by atoms with van der Waals surface area (Å²) >= 11 is 10.6. The Morgan fingerprint density at radius 3 is 2.76 bits per heavy atom. The second kappa shape index (κ2) is 8.51. The summed E-state index contributed by atoms with van der Waals surface area (Å²) in [6.07, 6.45) is 0.343. The lowest BCUT2D eigenvalue weighted by Gasteiger charge is -2.04. The van der Waals surface area contributed by atoms with E-state index in [0.29, 0.717) is 28.3 Å². The first-order valence-electron chi connectivity index (χ1n) is 7.38. The average Bonchev–Trinajstić information content (AvgIpc) is 3.06. The van der Waals surface area contributed by atoms with Gasteiger partial charge in [0.05, 0.1) is 0 Å². The van der Waals surface area contributed by atoms with Gasteiger partial charge in [-0.1, -0.05) is 45.4 Å². The highest BCUT2D eigenvalue weighted by atomic mass is 79.9. The lowest BCUT2D eigenvalue weighted by molar-refractivity contribution is -0.115. The Balaban J connectivity index is 1.49. The van der Waals surface area contributed by atoms with E-state index in [4.69, 9.17) is 16.0 Å². The Labute approximate surface area is 162 Å². The number of nitrogens with one attached hydrogen (secondary N) is 1. The van der Waals surface area contributed by atoms with E-state index in [1.807, 2.05) is 36.4 Å². The van der Waals surface area contributed by atoms with E-state index < -0.39 is 0 Å². The summed E-state index contributed by atoms with van der Waals surface area (Å²) in [5.41, 5.74) is 1.53. The summed E-state index contributed by atoms with van der Waals surface area (Å²) in [6, 6.07) is 14.6. The average molecular weight is 439 g/mol. The first kappa shape index (κ1) is 18.0. The lowest BCUT2D eigenvalue weighted by Crippen LogP contribution is -2.11. The maximum atomic E-state index is 11.9. The van der Waals surface area contributed by atoms with Crippen molar-refractivity contribution in [1.29, 1.82) is 0 Å². The minimum absolute atomic E-state index is 0.0654. The van der Waals surface area contributed by atoms with Crippen molar-refractivity contribution < 1.29 is 9.21 Å². The van der Waals surface area contributed by atoms with Crippen LogP contribution >= 0.6 is 39.3 Å². The summed E-state index contributed by atoms with van der Waals surface area (Å²) in [7, 11) is 0. The van der Waals surface area contributed by atoms with Crippen molar-refractivity contribution in [2.75, 3.05) is 11.1 Å². The molecule has 0 aliphatic rings. The molecule has 1 aromatic heterocycles. The van der Waals surface area contributed by atoms with Crippen LogP contribution in [0.3, 0.4) is 0 Å². The van der Waals surface area contributed by atoms with E-state index in [9.17, 15) is 4.79 Å². The standard InChI is InChI=1S/C17H13BrClN3O2S/c18-12-4-6-14(7-5-12)20-15(23)8-9-25-17-22-21-16(24-17)11-2-1-3-13(19)10-11/h1-7,10H,8-9H2,(H,20,23). The maximum Gasteiger partial charge on any atom is 0.276 e. The highest BCUT2D eigenvalue weighted by molar-refractivity contribution is 9.10. The molecule has 25 heavy (non-hydrogen) atoms. The molecule has 5 nitrogen and oxygen atoms in total. The van der Waals surface area contributed by atoms with Crippen molar-refractivity contribution in [2.24, 2.45) is 0 Å². The molecule has 0 saturated heterocycles. The number of nitrogens with zero attached hydrogens (tertiary/aromatic N) is 2. The van der Waals surface area contributed by atoms with Crippen LogP contribution in [0.1, 0.15) is 6.42 Å². The smallest absolute Gasteiger partial charge is 0.276 e. The predicted molar refractivity (Wildman–Crippen MR) is 103 cm³/mol. The minimum Gasteiger partial charge on any atom is -0.411 e. The fourth-order valence-corrected chi connectivity index (χ4v) is 3.15. The predicted octanol–water partition coefficient (Wildman–Crippen LogP) is 5.27. The maximum absolute atomic E-state index is 11.9. The molecule has 0 atom stereocenters. The number of benzene rings is 2. The molecule has 0 unspecified atom stereocenters. The molecular weight excluding hydrogens is 426 g/mol. The number of rotatable bonds is 6. The van der Waals surface area contributed by atoms with E-state index in [2.05, 4.69) is 31.4 Å². The van der Waals surface area contributed by atoms with Crippen LogP contribution in [0.2, 0.25) is 5.02 Å². The van der Waals surface area contributed by atoms with Crippen LogP contribution in [0, 0.1) is 0 Å². The number of halogens is 2. The van der Waals surface area contributed by atoms with Crippen molar-refractivity contribution in [3.8, 4) is 11.5 Å². The second-order valence-corrected chi connectivity index (χ2v) is 7.44. The van der Waals surface area contributed by atoms with Crippen molar-refractivity contribution in [3.63, 3.8) is 0 Å². The molecule has 0 aliphatic heterocycles. The molecule has 8 heteroatoms. The third-order valence-corrected chi connectivity index (χ3v) is 4.74. The van der Waals surface area contributed by atoms with Gasteiger partial charge in [0.25, 0.3) is 5.22 Å². The van der Waals surface area contributed by atoms with E-state index >= 15 is 0 Å². The SMILES string of the molecule is O=C(CCSc1nnc(-c2cccc(Cl)c2)o1)Nc1ccc(Br)cc1. The van der Waals surface area contributed by atoms with Gasteiger partial charge in [0, 0.05) is 32.9 Å². The topological polar surface area (TPSA) is 68.0 Å². The fourth-order valence-electron chi connectivity index (χ4n) is 1.99. The third-order valence-electron chi connectivity index (χ3n) is 3.16. The highest BCUT2D eigenvalue weighted by Crippen LogP contribution is 2.25. The van der Waals surface area contributed by atoms with Gasteiger partial charge in [0.15, 0.2) is 0 Å². The highest BCUT2D eigenvalue weighted by Gasteiger charge is 2.10. The monoisotopic (exact) mass is 437 g/mol. The minimum atomic E-state index is -0.0654. The van der Waals surface area contributed by atoms with Gasteiger partial charge in [-0.15, -0.1) is 10.2 Å². The number of aromatic nitrogens is 2. The second-order valence-electron chi connectivity index (χ2n) is 5.04. The molecule has 0 radical (unpaired) electrons. The Morgan fingerprint density at radius 1 is 1.20 bits per heavy atom. The molecule has 0 fully saturated rings. The van der Waals surface area contributed by atoms with Crippen LogP contribution in [0.4, 0.5) is 5.69 Å². The third kappa shape index (κ3) is 5.32. The zero-order valence-electron chi connectivity index (χ0n) is 12.9. The molecular formula is C17H13BrClN3O2S. The van der Waals surface area contributed by atoms with E-state index in [0.717, 1.165) is 15.7 Å². The van der Waals surface area contributed by atoms with Crippen LogP contribution < -0.4 is 5.32 Å². The van der Waals surface area contributed by atoms with Crippen LogP contribution in [0.15, 0.2) is 62.6 Å². The quantitative estimate of drug-likeness (QED) is 0.531. The van der Waals surface area contributed by atoms with E-state index in [-0.39, 0.29) is 5.91 Å². The van der Waals surface area contributed by atoms with Gasteiger partial charge in [-0.05, 0) is 42.5 Å². The van der Waals surface area contributed by atoms with E-state index in [1.165, 1.54) is 11.8 Å². The summed E-state index contributed by atoms with van der Waals surface area (Å²) < 4.78 is 6.55. The summed E-state index contributed by atoms with van der Waals surface area (Å²) in [4.78, 5) is 11.9. The lowest BCUT2D eigenvalue weighted by atomic mass is 10.2. The van der Waals surface area contributed by atoms with Crippen LogP contribution in [-0.4, -0.2) is 21.9 Å². The number of anilines is 1. The Bertz CT molecular complexity index is 870. The molecule has 128 valence electrons. The van der Waals surface area contributed by atoms with Crippen LogP contribution in [-0.2, 0) is 4.79 Å². The molecule has 2 aromatic carbocycles. The van der Waals surface area contributed by atoms with Crippen molar-refractivity contribution in [2.45, 2.75) is 11.6 Å². The van der Waals surface area contributed by atoms with Gasteiger partial charge in [-0.3, -0.25) is 4.79 Å². The molecule has 1 heterocycles. The van der Waals surface area contributed by atoms with Crippen molar-refractivity contribution in [3.05, 3.63) is 58.0 Å². The number of carbonyl (C=O) groups excluding carboxylic acids is 1. The van der Waals surface area contributed by atoms with Gasteiger partial charge in [0.2, 0.25) is 11.8 Å². The fraction of sp³-hybridized carbons (Fsp3) is 0.118. The van der Waals surface area contributed by atoms with Gasteiger partial charge >= 0.3 is 0 Å². The molecule has 3 rings (SSSR count). The number of thioether (sulfide) groups is 1. The normalized spacial score (nSPS) is 10.6. The summed E-state index contributed by atoms with van der Waals surface area (Å²) in [5.74, 6) is 0.883. The van der Waals surface area contributed by atoms with Crippen molar-refractivity contribution in [1.82, 2.24) is 10.2 Å². The first-order chi connectivity index (χ1) is 12.1. The molecule has 3 aromatic rings. The number of hydrogen-bond acceptors (Lipinski definition) is 5.